The quantitative estimate of drug-likeness (QED) is 0.635. The topological polar surface area (TPSA) is 12.5 Å². The number of ether oxygens (including phenoxy) is 1. The van der Waals surface area contributed by atoms with Gasteiger partial charge in [-0.3, -0.25) is 0 Å². The lowest BCUT2D eigenvalue weighted by Crippen LogP contribution is -2.21. The van der Waals surface area contributed by atoms with Crippen LogP contribution in [-0.2, 0) is 6.42 Å². The summed E-state index contributed by atoms with van der Waals surface area (Å²) in [7, 11) is 2.17. The number of hydrogen-bond donors (Lipinski definition) is 0. The largest absolute Gasteiger partial charge is 0.494 e. The molecule has 0 atom stereocenters. The van der Waals surface area contributed by atoms with E-state index in [0.717, 1.165) is 38.3 Å². The van der Waals surface area contributed by atoms with Crippen molar-refractivity contribution in [3.8, 4) is 5.75 Å². The van der Waals surface area contributed by atoms with Crippen molar-refractivity contribution in [2.24, 2.45) is 0 Å². The first-order chi connectivity index (χ1) is 10.3. The second-order valence-corrected chi connectivity index (χ2v) is 6.44. The number of thiophene rings is 1. The molecule has 0 aliphatic rings. The van der Waals surface area contributed by atoms with Crippen LogP contribution in [0.25, 0.3) is 0 Å². The minimum Gasteiger partial charge on any atom is -0.494 e. The van der Waals surface area contributed by atoms with Crippen LogP contribution in [0.4, 0.5) is 0 Å². The number of benzene rings is 1. The molecule has 0 saturated carbocycles. The van der Waals surface area contributed by atoms with Crippen molar-refractivity contribution < 1.29 is 4.74 Å². The van der Waals surface area contributed by atoms with E-state index in [9.17, 15) is 0 Å². The fourth-order valence-corrected chi connectivity index (χ4v) is 3.07. The highest BCUT2D eigenvalue weighted by Crippen LogP contribution is 2.18. The van der Waals surface area contributed by atoms with Crippen LogP contribution in [0.2, 0.25) is 0 Å². The Morgan fingerprint density at radius 2 is 1.90 bits per heavy atom. The maximum atomic E-state index is 5.80. The fraction of sp³-hybridized carbons (Fsp3) is 0.444. The van der Waals surface area contributed by atoms with Gasteiger partial charge in [0.15, 0.2) is 0 Å². The fourth-order valence-electron chi connectivity index (χ4n) is 2.34. The van der Waals surface area contributed by atoms with Gasteiger partial charge >= 0.3 is 0 Å². The molecule has 1 aromatic carbocycles. The van der Waals surface area contributed by atoms with Crippen molar-refractivity contribution >= 4 is 11.3 Å². The molecule has 1 aromatic heterocycles. The molecule has 0 radical (unpaired) electrons. The molecule has 114 valence electrons. The molecule has 0 N–H and O–H groups in total. The monoisotopic (exact) mass is 303 g/mol. The zero-order valence-electron chi connectivity index (χ0n) is 13.0. The van der Waals surface area contributed by atoms with Gasteiger partial charge in [-0.15, -0.1) is 11.3 Å². The SMILES string of the molecule is CCCN(C)CCCOc1ccc(Cc2cccs2)cc1. The highest BCUT2D eigenvalue weighted by atomic mass is 32.1. The van der Waals surface area contributed by atoms with Gasteiger partial charge in [-0.25, -0.2) is 0 Å². The van der Waals surface area contributed by atoms with Crippen molar-refractivity contribution in [1.82, 2.24) is 4.90 Å². The molecule has 0 amide bonds. The third-order valence-electron chi connectivity index (χ3n) is 3.44. The van der Waals surface area contributed by atoms with Gasteiger partial charge in [-0.1, -0.05) is 25.1 Å². The van der Waals surface area contributed by atoms with Gasteiger partial charge in [-0.2, -0.15) is 0 Å². The molecule has 3 heteroatoms. The molecule has 2 nitrogen and oxygen atoms in total. The Labute approximate surface area is 132 Å². The summed E-state index contributed by atoms with van der Waals surface area (Å²) in [5.74, 6) is 0.975. The summed E-state index contributed by atoms with van der Waals surface area (Å²) < 4.78 is 5.80. The van der Waals surface area contributed by atoms with Gasteiger partial charge in [0.1, 0.15) is 5.75 Å². The van der Waals surface area contributed by atoms with E-state index >= 15 is 0 Å². The molecule has 0 aliphatic heterocycles. The average Bonchev–Trinajstić information content (AvgIpc) is 2.98. The standard InChI is InChI=1S/C18H25NOS/c1-3-11-19(2)12-5-13-20-17-9-7-16(8-10-17)15-18-6-4-14-21-18/h4,6-10,14H,3,5,11-13,15H2,1-2H3. The zero-order chi connectivity index (χ0) is 14.9. The molecule has 1 heterocycles. The van der Waals surface area contributed by atoms with E-state index in [0.29, 0.717) is 0 Å². The van der Waals surface area contributed by atoms with Gasteiger partial charge in [0.25, 0.3) is 0 Å². The minimum atomic E-state index is 0.790. The third-order valence-corrected chi connectivity index (χ3v) is 4.32. The summed E-state index contributed by atoms with van der Waals surface area (Å²) in [5, 5.41) is 2.13. The minimum absolute atomic E-state index is 0.790. The molecule has 0 bridgehead atoms. The summed E-state index contributed by atoms with van der Waals surface area (Å²) in [6.07, 6.45) is 3.30. The maximum absolute atomic E-state index is 5.80. The first kappa shape index (κ1) is 16.1. The Morgan fingerprint density at radius 3 is 2.57 bits per heavy atom. The molecular formula is C18H25NOS. The van der Waals surface area contributed by atoms with Gasteiger partial charge in [0, 0.05) is 17.8 Å². The second-order valence-electron chi connectivity index (χ2n) is 5.41. The summed E-state index contributed by atoms with van der Waals surface area (Å²) in [4.78, 5) is 3.76. The second kappa shape index (κ2) is 8.85. The summed E-state index contributed by atoms with van der Waals surface area (Å²) in [6.45, 7) is 5.27. The summed E-state index contributed by atoms with van der Waals surface area (Å²) >= 11 is 1.81. The molecule has 0 unspecified atom stereocenters. The Hall–Kier alpha value is -1.32. The van der Waals surface area contributed by atoms with E-state index in [2.05, 4.69) is 60.6 Å². The van der Waals surface area contributed by atoms with E-state index in [1.54, 1.807) is 0 Å². The van der Waals surface area contributed by atoms with Crippen molar-refractivity contribution in [2.45, 2.75) is 26.2 Å². The van der Waals surface area contributed by atoms with Crippen LogP contribution in [-0.4, -0.2) is 31.6 Å². The van der Waals surface area contributed by atoms with Crippen LogP contribution in [0.1, 0.15) is 30.2 Å². The van der Waals surface area contributed by atoms with Gasteiger partial charge < -0.3 is 9.64 Å². The lowest BCUT2D eigenvalue weighted by molar-refractivity contribution is 0.263. The van der Waals surface area contributed by atoms with Crippen LogP contribution in [0.15, 0.2) is 41.8 Å². The van der Waals surface area contributed by atoms with E-state index < -0.39 is 0 Å². The Bertz CT molecular complexity index is 492. The van der Waals surface area contributed by atoms with E-state index in [1.807, 2.05) is 11.3 Å². The van der Waals surface area contributed by atoms with Crippen LogP contribution in [0, 0.1) is 0 Å². The first-order valence-corrected chi connectivity index (χ1v) is 8.58. The molecule has 2 aromatic rings. The Balaban J connectivity index is 1.70. The zero-order valence-corrected chi connectivity index (χ0v) is 13.9. The van der Waals surface area contributed by atoms with Crippen LogP contribution in [0.5, 0.6) is 5.75 Å². The maximum Gasteiger partial charge on any atom is 0.119 e. The molecular weight excluding hydrogens is 278 g/mol. The van der Waals surface area contributed by atoms with Crippen molar-refractivity contribution in [3.63, 3.8) is 0 Å². The summed E-state index contributed by atoms with van der Waals surface area (Å²) in [5.41, 5.74) is 1.34. The smallest absolute Gasteiger partial charge is 0.119 e. The van der Waals surface area contributed by atoms with Crippen LogP contribution >= 0.6 is 11.3 Å². The number of hydrogen-bond acceptors (Lipinski definition) is 3. The Kier molecular flexibility index (Phi) is 6.77. The van der Waals surface area contributed by atoms with E-state index in [-0.39, 0.29) is 0 Å². The normalized spacial score (nSPS) is 11.0. The van der Waals surface area contributed by atoms with Crippen LogP contribution in [0.3, 0.4) is 0 Å². The molecule has 21 heavy (non-hydrogen) atoms. The predicted molar refractivity (Wildman–Crippen MR) is 91.5 cm³/mol. The van der Waals surface area contributed by atoms with Crippen LogP contribution < -0.4 is 4.74 Å². The molecule has 0 saturated heterocycles. The summed E-state index contributed by atoms with van der Waals surface area (Å²) in [6, 6.07) is 12.8. The number of nitrogens with zero attached hydrogens (tertiary/aromatic N) is 1. The lowest BCUT2D eigenvalue weighted by Gasteiger charge is -2.15. The van der Waals surface area contributed by atoms with Gasteiger partial charge in [-0.05, 0) is 55.6 Å². The number of rotatable bonds is 9. The molecule has 0 aliphatic carbocycles. The first-order valence-electron chi connectivity index (χ1n) is 7.70. The predicted octanol–water partition coefficient (Wildman–Crippen LogP) is 4.45. The van der Waals surface area contributed by atoms with Crippen molar-refractivity contribution in [1.29, 1.82) is 0 Å². The van der Waals surface area contributed by atoms with E-state index in [4.69, 9.17) is 4.74 Å². The molecule has 0 spiro atoms. The van der Waals surface area contributed by atoms with Gasteiger partial charge in [0.2, 0.25) is 0 Å². The molecule has 0 fully saturated rings. The highest BCUT2D eigenvalue weighted by Gasteiger charge is 2.00. The Morgan fingerprint density at radius 1 is 1.10 bits per heavy atom. The average molecular weight is 303 g/mol. The van der Waals surface area contributed by atoms with Crippen molar-refractivity contribution in [3.05, 3.63) is 52.2 Å². The van der Waals surface area contributed by atoms with Crippen molar-refractivity contribution in [2.75, 3.05) is 26.7 Å². The third kappa shape index (κ3) is 5.90. The van der Waals surface area contributed by atoms with Gasteiger partial charge in [0.05, 0.1) is 6.61 Å². The highest BCUT2D eigenvalue weighted by molar-refractivity contribution is 7.09. The lowest BCUT2D eigenvalue weighted by atomic mass is 10.1. The molecule has 2 rings (SSSR count). The van der Waals surface area contributed by atoms with E-state index in [1.165, 1.54) is 16.9 Å².